The molecule has 0 saturated carbocycles. The van der Waals surface area contributed by atoms with E-state index in [1.807, 2.05) is 28.0 Å². The lowest BCUT2D eigenvalue weighted by Gasteiger charge is -2.33. The highest BCUT2D eigenvalue weighted by molar-refractivity contribution is 5.78. The van der Waals surface area contributed by atoms with Crippen LogP contribution in [0.25, 0.3) is 0 Å². The summed E-state index contributed by atoms with van der Waals surface area (Å²) in [6.45, 7) is 3.48. The number of carbonyl (C=O) groups is 2. The Kier molecular flexibility index (Phi) is 5.83. The summed E-state index contributed by atoms with van der Waals surface area (Å²) >= 11 is 0. The summed E-state index contributed by atoms with van der Waals surface area (Å²) in [7, 11) is 0. The predicted octanol–water partition coefficient (Wildman–Crippen LogP) is 2.27. The minimum atomic E-state index is 0.157. The second-order valence-corrected chi connectivity index (χ2v) is 6.97. The van der Waals surface area contributed by atoms with E-state index >= 15 is 0 Å². The Morgan fingerprint density at radius 2 is 1.83 bits per heavy atom. The van der Waals surface area contributed by atoms with Crippen molar-refractivity contribution in [3.8, 4) is 0 Å². The molecular formula is C19H27N3O2. The van der Waals surface area contributed by atoms with E-state index in [0.717, 1.165) is 64.0 Å². The van der Waals surface area contributed by atoms with E-state index in [2.05, 4.69) is 4.98 Å². The maximum absolute atomic E-state index is 12.5. The molecule has 3 heterocycles. The van der Waals surface area contributed by atoms with Crippen molar-refractivity contribution in [2.75, 3.05) is 26.2 Å². The highest BCUT2D eigenvalue weighted by Gasteiger charge is 2.25. The Balaban J connectivity index is 1.45. The number of hydrogen-bond acceptors (Lipinski definition) is 3. The van der Waals surface area contributed by atoms with Gasteiger partial charge in [-0.3, -0.25) is 14.6 Å². The molecule has 0 aliphatic carbocycles. The van der Waals surface area contributed by atoms with Gasteiger partial charge >= 0.3 is 0 Å². The standard InChI is InChI=1S/C19H27N3O2/c23-18(21-11-3-4-12-21)9-8-16-6-5-13-22(15-16)19(24)14-17-7-1-2-10-20-17/h1-2,7,10,16H,3-6,8-9,11-15H2/t16-/m1/s1. The zero-order valence-corrected chi connectivity index (χ0v) is 14.3. The van der Waals surface area contributed by atoms with Crippen LogP contribution in [0.15, 0.2) is 24.4 Å². The average molecular weight is 329 g/mol. The molecule has 130 valence electrons. The molecule has 24 heavy (non-hydrogen) atoms. The molecule has 2 aliphatic heterocycles. The van der Waals surface area contributed by atoms with E-state index in [9.17, 15) is 9.59 Å². The molecule has 0 bridgehead atoms. The first-order valence-corrected chi connectivity index (χ1v) is 9.18. The lowest BCUT2D eigenvalue weighted by atomic mass is 9.93. The van der Waals surface area contributed by atoms with Crippen molar-refractivity contribution in [3.05, 3.63) is 30.1 Å². The van der Waals surface area contributed by atoms with Gasteiger partial charge in [-0.1, -0.05) is 6.07 Å². The van der Waals surface area contributed by atoms with Crippen LogP contribution in [-0.2, 0) is 16.0 Å². The second-order valence-electron chi connectivity index (χ2n) is 6.97. The van der Waals surface area contributed by atoms with Crippen molar-refractivity contribution in [3.63, 3.8) is 0 Å². The first-order chi connectivity index (χ1) is 11.7. The lowest BCUT2D eigenvalue weighted by molar-refractivity contribution is -0.132. The second kappa shape index (κ2) is 8.27. The number of nitrogens with zero attached hydrogens (tertiary/aromatic N) is 3. The van der Waals surface area contributed by atoms with E-state index in [1.54, 1.807) is 6.20 Å². The molecule has 1 aromatic heterocycles. The number of piperidine rings is 1. The topological polar surface area (TPSA) is 53.5 Å². The van der Waals surface area contributed by atoms with Gasteiger partial charge in [0.2, 0.25) is 11.8 Å². The van der Waals surface area contributed by atoms with E-state index in [0.29, 0.717) is 24.7 Å². The van der Waals surface area contributed by atoms with Crippen LogP contribution in [0.2, 0.25) is 0 Å². The number of likely N-dealkylation sites (tertiary alicyclic amines) is 2. The van der Waals surface area contributed by atoms with Gasteiger partial charge in [0.05, 0.1) is 6.42 Å². The number of rotatable bonds is 5. The molecule has 3 rings (SSSR count). The maximum atomic E-state index is 12.5. The summed E-state index contributed by atoms with van der Waals surface area (Å²) in [6, 6.07) is 5.68. The molecule has 0 radical (unpaired) electrons. The first-order valence-electron chi connectivity index (χ1n) is 9.18. The molecule has 1 aromatic rings. The van der Waals surface area contributed by atoms with Crippen molar-refractivity contribution in [1.82, 2.24) is 14.8 Å². The van der Waals surface area contributed by atoms with Gasteiger partial charge in [0, 0.05) is 44.5 Å². The average Bonchev–Trinajstić information content (AvgIpc) is 3.15. The highest BCUT2D eigenvalue weighted by atomic mass is 16.2. The maximum Gasteiger partial charge on any atom is 0.228 e. The first kappa shape index (κ1) is 16.9. The molecule has 0 spiro atoms. The number of amides is 2. The van der Waals surface area contributed by atoms with Gasteiger partial charge in [-0.25, -0.2) is 0 Å². The molecule has 2 saturated heterocycles. The number of pyridine rings is 1. The summed E-state index contributed by atoms with van der Waals surface area (Å²) in [5, 5.41) is 0. The number of carbonyl (C=O) groups excluding carboxylic acids is 2. The summed E-state index contributed by atoms with van der Waals surface area (Å²) < 4.78 is 0. The monoisotopic (exact) mass is 329 g/mol. The molecule has 0 N–H and O–H groups in total. The number of aromatic nitrogens is 1. The van der Waals surface area contributed by atoms with Crippen LogP contribution < -0.4 is 0 Å². The van der Waals surface area contributed by atoms with Crippen molar-refractivity contribution in [2.45, 2.75) is 44.9 Å². The smallest absolute Gasteiger partial charge is 0.228 e. The largest absolute Gasteiger partial charge is 0.343 e. The normalized spacial score (nSPS) is 21.1. The quantitative estimate of drug-likeness (QED) is 0.833. The lowest BCUT2D eigenvalue weighted by Crippen LogP contribution is -2.41. The van der Waals surface area contributed by atoms with E-state index < -0.39 is 0 Å². The molecule has 0 aromatic carbocycles. The fourth-order valence-corrected chi connectivity index (χ4v) is 3.75. The van der Waals surface area contributed by atoms with Crippen LogP contribution in [0.5, 0.6) is 0 Å². The predicted molar refractivity (Wildman–Crippen MR) is 92.3 cm³/mol. The van der Waals surface area contributed by atoms with Crippen LogP contribution in [0.4, 0.5) is 0 Å². The van der Waals surface area contributed by atoms with Crippen molar-refractivity contribution >= 4 is 11.8 Å². The molecule has 5 heteroatoms. The van der Waals surface area contributed by atoms with E-state index in [-0.39, 0.29) is 5.91 Å². The van der Waals surface area contributed by atoms with Gasteiger partial charge < -0.3 is 9.80 Å². The summed E-state index contributed by atoms with van der Waals surface area (Å²) in [4.78, 5) is 32.8. The Hall–Kier alpha value is -1.91. The van der Waals surface area contributed by atoms with Crippen LogP contribution in [-0.4, -0.2) is 52.8 Å². The fraction of sp³-hybridized carbons (Fsp3) is 0.632. The summed E-state index contributed by atoms with van der Waals surface area (Å²) in [6.07, 6.45) is 8.09. The van der Waals surface area contributed by atoms with Crippen LogP contribution in [0.3, 0.4) is 0 Å². The molecule has 2 amide bonds. The Morgan fingerprint density at radius 3 is 2.58 bits per heavy atom. The minimum absolute atomic E-state index is 0.157. The summed E-state index contributed by atoms with van der Waals surface area (Å²) in [5.41, 5.74) is 0.828. The van der Waals surface area contributed by atoms with E-state index in [1.165, 1.54) is 0 Å². The van der Waals surface area contributed by atoms with Crippen LogP contribution >= 0.6 is 0 Å². The van der Waals surface area contributed by atoms with Gasteiger partial charge in [0.25, 0.3) is 0 Å². The van der Waals surface area contributed by atoms with Gasteiger partial charge in [0.15, 0.2) is 0 Å². The van der Waals surface area contributed by atoms with Crippen molar-refractivity contribution < 1.29 is 9.59 Å². The SMILES string of the molecule is O=C(CC[C@H]1CCCN(C(=O)Cc2ccccn2)C1)N1CCCC1. The molecular weight excluding hydrogens is 302 g/mol. The third-order valence-corrected chi connectivity index (χ3v) is 5.16. The highest BCUT2D eigenvalue weighted by Crippen LogP contribution is 2.22. The third kappa shape index (κ3) is 4.56. The van der Waals surface area contributed by atoms with E-state index in [4.69, 9.17) is 0 Å². The Bertz CT molecular complexity index is 555. The molecule has 5 nitrogen and oxygen atoms in total. The summed E-state index contributed by atoms with van der Waals surface area (Å²) in [5.74, 6) is 0.909. The molecule has 1 atom stereocenters. The minimum Gasteiger partial charge on any atom is -0.343 e. The fourth-order valence-electron chi connectivity index (χ4n) is 3.75. The van der Waals surface area contributed by atoms with Gasteiger partial charge in [-0.2, -0.15) is 0 Å². The molecule has 0 unspecified atom stereocenters. The third-order valence-electron chi connectivity index (χ3n) is 5.16. The zero-order valence-electron chi connectivity index (χ0n) is 14.3. The van der Waals surface area contributed by atoms with Gasteiger partial charge in [-0.15, -0.1) is 0 Å². The Morgan fingerprint density at radius 1 is 1.04 bits per heavy atom. The Labute approximate surface area is 144 Å². The van der Waals surface area contributed by atoms with Crippen molar-refractivity contribution in [1.29, 1.82) is 0 Å². The zero-order chi connectivity index (χ0) is 16.8. The van der Waals surface area contributed by atoms with Crippen molar-refractivity contribution in [2.24, 2.45) is 5.92 Å². The van der Waals surface area contributed by atoms with Crippen LogP contribution in [0.1, 0.15) is 44.2 Å². The molecule has 2 aliphatic rings. The van der Waals surface area contributed by atoms with Crippen LogP contribution in [0, 0.1) is 5.92 Å². The van der Waals surface area contributed by atoms with Gasteiger partial charge in [-0.05, 0) is 50.2 Å². The number of hydrogen-bond donors (Lipinski definition) is 0. The molecule has 2 fully saturated rings. The van der Waals surface area contributed by atoms with Gasteiger partial charge in [0.1, 0.15) is 0 Å².